The van der Waals surface area contributed by atoms with Crippen molar-refractivity contribution in [3.05, 3.63) is 29.8 Å². The molecule has 1 heterocycles. The third kappa shape index (κ3) is 4.20. The van der Waals surface area contributed by atoms with Crippen molar-refractivity contribution >= 4 is 17.6 Å². The van der Waals surface area contributed by atoms with E-state index in [1.807, 2.05) is 25.9 Å². The van der Waals surface area contributed by atoms with Gasteiger partial charge in [0.25, 0.3) is 5.91 Å². The van der Waals surface area contributed by atoms with Crippen molar-refractivity contribution in [1.29, 1.82) is 0 Å². The van der Waals surface area contributed by atoms with Gasteiger partial charge in [-0.2, -0.15) is 0 Å². The van der Waals surface area contributed by atoms with Gasteiger partial charge in [-0.1, -0.05) is 6.07 Å². The van der Waals surface area contributed by atoms with Gasteiger partial charge in [0, 0.05) is 24.3 Å². The average Bonchev–Trinajstić information content (AvgIpc) is 2.90. The lowest BCUT2D eigenvalue weighted by atomic mass is 10.2. The third-order valence-corrected chi connectivity index (χ3v) is 3.92. The van der Waals surface area contributed by atoms with Crippen LogP contribution >= 0.6 is 0 Å². The second-order valence-electron chi connectivity index (χ2n) is 5.87. The smallest absolute Gasteiger partial charge is 0.321 e. The first kappa shape index (κ1) is 17.2. The summed E-state index contributed by atoms with van der Waals surface area (Å²) in [7, 11) is 3.76. The van der Waals surface area contributed by atoms with Gasteiger partial charge in [0.2, 0.25) is 0 Å². The number of likely N-dealkylation sites (tertiary alicyclic amines) is 1. The number of nitrogens with zero attached hydrogens (tertiary/aromatic N) is 2. The van der Waals surface area contributed by atoms with Crippen LogP contribution in [0.2, 0.25) is 0 Å². The fourth-order valence-electron chi connectivity index (χ4n) is 2.65. The number of anilines is 1. The molecule has 3 amide bonds. The lowest BCUT2D eigenvalue weighted by Gasteiger charge is -2.21. The first-order valence-corrected chi connectivity index (χ1v) is 7.71. The summed E-state index contributed by atoms with van der Waals surface area (Å²) >= 11 is 0. The molecule has 0 spiro atoms. The third-order valence-electron chi connectivity index (χ3n) is 3.92. The van der Waals surface area contributed by atoms with Gasteiger partial charge >= 0.3 is 6.03 Å². The van der Waals surface area contributed by atoms with Gasteiger partial charge in [-0.3, -0.25) is 4.79 Å². The summed E-state index contributed by atoms with van der Waals surface area (Å²) in [4.78, 5) is 27.6. The molecule has 0 radical (unpaired) electrons. The number of amides is 3. The predicted molar refractivity (Wildman–Crippen MR) is 88.5 cm³/mol. The minimum absolute atomic E-state index is 0.0672. The molecule has 7 heteroatoms. The van der Waals surface area contributed by atoms with Crippen LogP contribution in [0, 0.1) is 0 Å². The van der Waals surface area contributed by atoms with Crippen molar-refractivity contribution in [2.75, 3.05) is 39.0 Å². The van der Waals surface area contributed by atoms with Gasteiger partial charge in [-0.05, 0) is 39.2 Å². The van der Waals surface area contributed by atoms with E-state index in [9.17, 15) is 14.7 Å². The molecule has 7 nitrogen and oxygen atoms in total. The van der Waals surface area contributed by atoms with Crippen molar-refractivity contribution in [1.82, 2.24) is 15.1 Å². The van der Waals surface area contributed by atoms with E-state index in [4.69, 9.17) is 0 Å². The van der Waals surface area contributed by atoms with Crippen molar-refractivity contribution in [2.24, 2.45) is 0 Å². The molecule has 0 bridgehead atoms. The molecule has 0 unspecified atom stereocenters. The Morgan fingerprint density at radius 1 is 1.35 bits per heavy atom. The van der Waals surface area contributed by atoms with Crippen LogP contribution in [0.5, 0.6) is 0 Å². The van der Waals surface area contributed by atoms with Crippen LogP contribution in [0.1, 0.15) is 17.3 Å². The molecule has 1 saturated heterocycles. The summed E-state index contributed by atoms with van der Waals surface area (Å²) in [6.07, 6.45) is -0.558. The average molecular weight is 320 g/mol. The molecule has 2 atom stereocenters. The molecule has 1 aromatic carbocycles. The summed E-state index contributed by atoms with van der Waals surface area (Å²) in [5.74, 6) is -0.173. The molecule has 0 aliphatic carbocycles. The first-order chi connectivity index (χ1) is 10.9. The Hall–Kier alpha value is -2.12. The molecule has 2 rings (SSSR count). The quantitative estimate of drug-likeness (QED) is 0.757. The summed E-state index contributed by atoms with van der Waals surface area (Å²) in [6.45, 7) is 3.16. The topological polar surface area (TPSA) is 84.9 Å². The number of rotatable bonds is 4. The standard InChI is InChI=1S/C16H24N4O3/c1-4-17-15(22)11-6-5-7-12(8-11)18-16(23)20-9-13(19(2)3)14(21)10-20/h5-8,13-14,21H,4,9-10H2,1-3H3,(H,17,22)(H,18,23)/t13-,14-/m1/s1. The highest BCUT2D eigenvalue weighted by atomic mass is 16.3. The molecule has 1 aliphatic rings. The molecular formula is C16H24N4O3. The zero-order chi connectivity index (χ0) is 17.0. The van der Waals surface area contributed by atoms with Crippen molar-refractivity contribution < 1.29 is 14.7 Å². The number of carbonyl (C=O) groups is 2. The van der Waals surface area contributed by atoms with Crippen molar-refractivity contribution in [3.8, 4) is 0 Å². The highest BCUT2D eigenvalue weighted by Crippen LogP contribution is 2.17. The monoisotopic (exact) mass is 320 g/mol. The summed E-state index contributed by atoms with van der Waals surface area (Å²) in [5, 5.41) is 15.5. The molecule has 0 saturated carbocycles. The maximum absolute atomic E-state index is 12.3. The number of nitrogens with one attached hydrogen (secondary N) is 2. The molecule has 1 aliphatic heterocycles. The molecule has 1 fully saturated rings. The zero-order valence-electron chi connectivity index (χ0n) is 13.7. The van der Waals surface area contributed by atoms with Gasteiger partial charge < -0.3 is 25.5 Å². The minimum Gasteiger partial charge on any atom is -0.390 e. The van der Waals surface area contributed by atoms with Crippen molar-refractivity contribution in [3.63, 3.8) is 0 Å². The van der Waals surface area contributed by atoms with Crippen LogP contribution in [-0.2, 0) is 0 Å². The second kappa shape index (κ2) is 7.43. The zero-order valence-corrected chi connectivity index (χ0v) is 13.7. The fraction of sp³-hybridized carbons (Fsp3) is 0.500. The van der Waals surface area contributed by atoms with Crippen LogP contribution in [0.4, 0.5) is 10.5 Å². The number of hydrogen-bond acceptors (Lipinski definition) is 4. The van der Waals surface area contributed by atoms with Crippen LogP contribution in [0.3, 0.4) is 0 Å². The molecular weight excluding hydrogens is 296 g/mol. The lowest BCUT2D eigenvalue weighted by molar-refractivity contribution is 0.0955. The fourth-order valence-corrected chi connectivity index (χ4v) is 2.65. The normalized spacial score (nSPS) is 20.7. The van der Waals surface area contributed by atoms with E-state index in [-0.39, 0.29) is 18.0 Å². The van der Waals surface area contributed by atoms with E-state index in [0.29, 0.717) is 30.9 Å². The molecule has 126 valence electrons. The SMILES string of the molecule is CCNC(=O)c1cccc(NC(=O)N2C[C@@H](O)[C@H](N(C)C)C2)c1. The summed E-state index contributed by atoms with van der Waals surface area (Å²) in [6, 6.07) is 6.45. The highest BCUT2D eigenvalue weighted by Gasteiger charge is 2.35. The Balaban J connectivity index is 2.01. The van der Waals surface area contributed by atoms with Crippen LogP contribution in [-0.4, -0.2) is 72.7 Å². The number of β-amino-alcohol motifs (C(OH)–C–C–N with tert-alkyl or cyclic N) is 1. The Labute approximate surface area is 136 Å². The van der Waals surface area contributed by atoms with Gasteiger partial charge in [0.1, 0.15) is 0 Å². The lowest BCUT2D eigenvalue weighted by Crippen LogP contribution is -2.38. The van der Waals surface area contributed by atoms with Gasteiger partial charge in [0.15, 0.2) is 0 Å². The molecule has 0 aromatic heterocycles. The van der Waals surface area contributed by atoms with Crippen LogP contribution in [0.25, 0.3) is 0 Å². The maximum atomic E-state index is 12.3. The van der Waals surface area contributed by atoms with E-state index >= 15 is 0 Å². The number of likely N-dealkylation sites (N-methyl/N-ethyl adjacent to an activating group) is 1. The molecule has 1 aromatic rings. The van der Waals surface area contributed by atoms with E-state index in [2.05, 4.69) is 10.6 Å². The number of urea groups is 1. The number of carbonyl (C=O) groups excluding carboxylic acids is 2. The number of benzene rings is 1. The van der Waals surface area contributed by atoms with E-state index in [0.717, 1.165) is 0 Å². The Morgan fingerprint density at radius 3 is 2.70 bits per heavy atom. The number of aliphatic hydroxyl groups is 1. The molecule has 3 N–H and O–H groups in total. The Bertz CT molecular complexity index is 576. The van der Waals surface area contributed by atoms with E-state index < -0.39 is 6.10 Å². The number of hydrogen-bond donors (Lipinski definition) is 3. The Kier molecular flexibility index (Phi) is 5.57. The number of aliphatic hydroxyl groups excluding tert-OH is 1. The van der Waals surface area contributed by atoms with Crippen LogP contribution in [0.15, 0.2) is 24.3 Å². The Morgan fingerprint density at radius 2 is 2.09 bits per heavy atom. The van der Waals surface area contributed by atoms with E-state index in [1.165, 1.54) is 0 Å². The maximum Gasteiger partial charge on any atom is 0.321 e. The predicted octanol–water partition coefficient (Wildman–Crippen LogP) is 0.575. The second-order valence-corrected chi connectivity index (χ2v) is 5.87. The van der Waals surface area contributed by atoms with Gasteiger partial charge in [-0.15, -0.1) is 0 Å². The highest BCUT2D eigenvalue weighted by molar-refractivity contribution is 5.96. The van der Waals surface area contributed by atoms with E-state index in [1.54, 1.807) is 29.2 Å². The summed E-state index contributed by atoms with van der Waals surface area (Å²) in [5.41, 5.74) is 1.05. The van der Waals surface area contributed by atoms with Crippen LogP contribution < -0.4 is 10.6 Å². The minimum atomic E-state index is -0.558. The van der Waals surface area contributed by atoms with Crippen molar-refractivity contribution in [2.45, 2.75) is 19.1 Å². The summed E-state index contributed by atoms with van der Waals surface area (Å²) < 4.78 is 0. The first-order valence-electron chi connectivity index (χ1n) is 7.71. The van der Waals surface area contributed by atoms with Gasteiger partial charge in [0.05, 0.1) is 18.7 Å². The van der Waals surface area contributed by atoms with Gasteiger partial charge in [-0.25, -0.2) is 4.79 Å². The largest absolute Gasteiger partial charge is 0.390 e. The molecule has 23 heavy (non-hydrogen) atoms.